The first kappa shape index (κ1) is 18.5. The number of aryl methyl sites for hydroxylation is 1. The van der Waals surface area contributed by atoms with Crippen molar-refractivity contribution in [3.8, 4) is 5.75 Å². The van der Waals surface area contributed by atoms with Crippen LogP contribution in [-0.2, 0) is 16.1 Å². The minimum absolute atomic E-state index is 0.0173. The first-order chi connectivity index (χ1) is 12.0. The molecule has 0 aromatic heterocycles. The highest BCUT2D eigenvalue weighted by Crippen LogP contribution is 2.08. The SMILES string of the molecule is CC(=O)N(CCNC(=O)COc1ccccc1)Cc1cccc(C)c1. The number of nitrogens with zero attached hydrogens (tertiary/aromatic N) is 1. The Morgan fingerprint density at radius 3 is 2.52 bits per heavy atom. The summed E-state index contributed by atoms with van der Waals surface area (Å²) in [7, 11) is 0. The molecule has 0 saturated heterocycles. The zero-order valence-corrected chi connectivity index (χ0v) is 14.7. The average Bonchev–Trinajstić information content (AvgIpc) is 2.60. The standard InChI is InChI=1S/C20H24N2O3/c1-16-7-6-8-18(13-16)14-22(17(2)23)12-11-21-20(24)15-25-19-9-4-3-5-10-19/h3-10,13H,11-12,14-15H2,1-2H3,(H,21,24). The van der Waals surface area contributed by atoms with Crippen LogP contribution in [0.2, 0.25) is 0 Å². The number of ether oxygens (including phenoxy) is 1. The first-order valence-electron chi connectivity index (χ1n) is 8.30. The molecule has 0 heterocycles. The van der Waals surface area contributed by atoms with Crippen molar-refractivity contribution in [2.75, 3.05) is 19.7 Å². The summed E-state index contributed by atoms with van der Waals surface area (Å²) in [5.41, 5.74) is 2.24. The zero-order valence-electron chi connectivity index (χ0n) is 14.7. The lowest BCUT2D eigenvalue weighted by Gasteiger charge is -2.21. The Morgan fingerprint density at radius 1 is 1.08 bits per heavy atom. The van der Waals surface area contributed by atoms with Gasteiger partial charge in [0.1, 0.15) is 5.75 Å². The number of benzene rings is 2. The van der Waals surface area contributed by atoms with Crippen molar-refractivity contribution in [2.45, 2.75) is 20.4 Å². The van der Waals surface area contributed by atoms with Gasteiger partial charge in [0, 0.05) is 26.6 Å². The minimum Gasteiger partial charge on any atom is -0.484 e. The maximum Gasteiger partial charge on any atom is 0.258 e. The second-order valence-electron chi connectivity index (χ2n) is 5.88. The molecular weight excluding hydrogens is 316 g/mol. The molecule has 0 spiro atoms. The van der Waals surface area contributed by atoms with Crippen molar-refractivity contribution in [3.63, 3.8) is 0 Å². The Hall–Kier alpha value is -2.82. The van der Waals surface area contributed by atoms with Gasteiger partial charge in [0.05, 0.1) is 0 Å². The largest absolute Gasteiger partial charge is 0.484 e. The molecule has 0 aliphatic carbocycles. The monoisotopic (exact) mass is 340 g/mol. The maximum atomic E-state index is 11.8. The van der Waals surface area contributed by atoms with Crippen molar-refractivity contribution in [1.82, 2.24) is 10.2 Å². The van der Waals surface area contributed by atoms with Gasteiger partial charge in [-0.1, -0.05) is 48.0 Å². The van der Waals surface area contributed by atoms with Crippen LogP contribution in [0.1, 0.15) is 18.1 Å². The van der Waals surface area contributed by atoms with Crippen LogP contribution in [0.5, 0.6) is 5.75 Å². The van der Waals surface area contributed by atoms with Crippen molar-refractivity contribution >= 4 is 11.8 Å². The number of nitrogens with one attached hydrogen (secondary N) is 1. The molecule has 5 heteroatoms. The highest BCUT2D eigenvalue weighted by molar-refractivity contribution is 5.77. The molecule has 25 heavy (non-hydrogen) atoms. The number of hydrogen-bond donors (Lipinski definition) is 1. The van der Waals surface area contributed by atoms with E-state index in [0.29, 0.717) is 25.4 Å². The maximum absolute atomic E-state index is 11.8. The van der Waals surface area contributed by atoms with Crippen molar-refractivity contribution in [1.29, 1.82) is 0 Å². The van der Waals surface area contributed by atoms with Crippen LogP contribution in [-0.4, -0.2) is 36.4 Å². The fourth-order valence-electron chi connectivity index (χ4n) is 2.43. The average molecular weight is 340 g/mol. The zero-order chi connectivity index (χ0) is 18.1. The van der Waals surface area contributed by atoms with E-state index in [9.17, 15) is 9.59 Å². The quantitative estimate of drug-likeness (QED) is 0.803. The highest BCUT2D eigenvalue weighted by Gasteiger charge is 2.10. The van der Waals surface area contributed by atoms with Crippen LogP contribution in [0.15, 0.2) is 54.6 Å². The summed E-state index contributed by atoms with van der Waals surface area (Å²) in [4.78, 5) is 25.4. The van der Waals surface area contributed by atoms with E-state index in [2.05, 4.69) is 11.4 Å². The topological polar surface area (TPSA) is 58.6 Å². The number of amides is 2. The van der Waals surface area contributed by atoms with Gasteiger partial charge in [-0.15, -0.1) is 0 Å². The molecule has 0 fully saturated rings. The van der Waals surface area contributed by atoms with E-state index in [0.717, 1.165) is 11.1 Å². The van der Waals surface area contributed by atoms with Gasteiger partial charge in [-0.05, 0) is 24.6 Å². The van der Waals surface area contributed by atoms with E-state index < -0.39 is 0 Å². The Balaban J connectivity index is 1.75. The molecule has 2 rings (SSSR count). The highest BCUT2D eigenvalue weighted by atomic mass is 16.5. The van der Waals surface area contributed by atoms with E-state index in [1.165, 1.54) is 6.92 Å². The van der Waals surface area contributed by atoms with E-state index in [1.54, 1.807) is 17.0 Å². The molecule has 2 aromatic carbocycles. The van der Waals surface area contributed by atoms with Crippen LogP contribution in [0, 0.1) is 6.92 Å². The number of hydrogen-bond acceptors (Lipinski definition) is 3. The third-order valence-corrected chi connectivity index (χ3v) is 3.72. The molecule has 0 bridgehead atoms. The van der Waals surface area contributed by atoms with Gasteiger partial charge in [0.15, 0.2) is 6.61 Å². The molecule has 0 saturated carbocycles. The lowest BCUT2D eigenvalue weighted by molar-refractivity contribution is -0.130. The summed E-state index contributed by atoms with van der Waals surface area (Å²) < 4.78 is 5.39. The fraction of sp³-hybridized carbons (Fsp3) is 0.300. The summed E-state index contributed by atoms with van der Waals surface area (Å²) in [6, 6.07) is 17.2. The van der Waals surface area contributed by atoms with E-state index in [4.69, 9.17) is 4.74 Å². The summed E-state index contributed by atoms with van der Waals surface area (Å²) >= 11 is 0. The van der Waals surface area contributed by atoms with Crippen molar-refractivity contribution in [3.05, 3.63) is 65.7 Å². The lowest BCUT2D eigenvalue weighted by atomic mass is 10.1. The summed E-state index contributed by atoms with van der Waals surface area (Å²) in [5, 5.41) is 2.78. The number of carbonyl (C=O) groups is 2. The van der Waals surface area contributed by atoms with Crippen LogP contribution in [0.3, 0.4) is 0 Å². The normalized spacial score (nSPS) is 10.2. The molecule has 2 aromatic rings. The molecule has 0 radical (unpaired) electrons. The smallest absolute Gasteiger partial charge is 0.258 e. The molecule has 0 aliphatic rings. The second-order valence-corrected chi connectivity index (χ2v) is 5.88. The molecular formula is C20H24N2O3. The number of carbonyl (C=O) groups excluding carboxylic acids is 2. The predicted molar refractivity (Wildman–Crippen MR) is 97.2 cm³/mol. The van der Waals surface area contributed by atoms with Crippen LogP contribution >= 0.6 is 0 Å². The molecule has 0 unspecified atom stereocenters. The van der Waals surface area contributed by atoms with Crippen molar-refractivity contribution in [2.24, 2.45) is 0 Å². The van der Waals surface area contributed by atoms with Crippen LogP contribution in [0.25, 0.3) is 0 Å². The van der Waals surface area contributed by atoms with Gasteiger partial charge in [-0.3, -0.25) is 9.59 Å². The van der Waals surface area contributed by atoms with Crippen LogP contribution in [0.4, 0.5) is 0 Å². The lowest BCUT2D eigenvalue weighted by Crippen LogP contribution is -2.38. The molecule has 1 N–H and O–H groups in total. The Bertz CT molecular complexity index is 701. The van der Waals surface area contributed by atoms with Gasteiger partial charge < -0.3 is 15.0 Å². The van der Waals surface area contributed by atoms with Gasteiger partial charge in [0.25, 0.3) is 5.91 Å². The van der Waals surface area contributed by atoms with E-state index >= 15 is 0 Å². The third-order valence-electron chi connectivity index (χ3n) is 3.72. The summed E-state index contributed by atoms with van der Waals surface area (Å²) in [6.45, 7) is 4.91. The predicted octanol–water partition coefficient (Wildman–Crippen LogP) is 2.54. The Kier molecular flexibility index (Phi) is 7.01. The van der Waals surface area contributed by atoms with Gasteiger partial charge in [0.2, 0.25) is 5.91 Å². The number of rotatable bonds is 8. The van der Waals surface area contributed by atoms with Crippen molar-refractivity contribution < 1.29 is 14.3 Å². The van der Waals surface area contributed by atoms with Gasteiger partial charge >= 0.3 is 0 Å². The number of para-hydroxylation sites is 1. The van der Waals surface area contributed by atoms with Gasteiger partial charge in [-0.2, -0.15) is 0 Å². The van der Waals surface area contributed by atoms with E-state index in [-0.39, 0.29) is 18.4 Å². The Morgan fingerprint density at radius 2 is 1.84 bits per heavy atom. The molecule has 132 valence electrons. The van der Waals surface area contributed by atoms with E-state index in [1.807, 2.05) is 43.3 Å². The molecule has 0 aliphatic heterocycles. The second kappa shape index (κ2) is 9.47. The van der Waals surface area contributed by atoms with Crippen LogP contribution < -0.4 is 10.1 Å². The molecule has 0 atom stereocenters. The Labute approximate surface area is 148 Å². The third kappa shape index (κ3) is 6.67. The first-order valence-corrected chi connectivity index (χ1v) is 8.30. The summed E-state index contributed by atoms with van der Waals surface area (Å²) in [5.74, 6) is 0.432. The molecule has 2 amide bonds. The fourth-order valence-corrected chi connectivity index (χ4v) is 2.43. The minimum atomic E-state index is -0.206. The van der Waals surface area contributed by atoms with Gasteiger partial charge in [-0.25, -0.2) is 0 Å². The molecule has 5 nitrogen and oxygen atoms in total. The summed E-state index contributed by atoms with van der Waals surface area (Å²) in [6.07, 6.45) is 0.